The molecule has 0 unspecified atom stereocenters. The molecule has 1 fully saturated rings. The van der Waals surface area contributed by atoms with Crippen LogP contribution >= 0.6 is 11.3 Å². The molecule has 50 heavy (non-hydrogen) atoms. The van der Waals surface area contributed by atoms with E-state index < -0.39 is 59.4 Å². The Morgan fingerprint density at radius 3 is 2.48 bits per heavy atom. The lowest BCUT2D eigenvalue weighted by molar-refractivity contribution is -0.142. The molecule has 1 aromatic carbocycles. The summed E-state index contributed by atoms with van der Waals surface area (Å²) in [5.74, 6) is -5.59. The van der Waals surface area contributed by atoms with Gasteiger partial charge in [-0.05, 0) is 57.1 Å². The third kappa shape index (κ3) is 7.98. The summed E-state index contributed by atoms with van der Waals surface area (Å²) in [7, 11) is 0. The standard InChI is InChI=1S/C35H37F2N5O7S/c1-35(2,3)49-34(47)41-22-8-5-4-7-18-13-23(18)38-17-26-19(33(45)46)14-29(44)42(26)30(11-10-27(22)43)48-32-31(28-9-6-12-50-28)39-24-15-20(36)21(37)16-25(24)40-32/h6,9,12,15-17,19,22,26,30H,4-5,7-8,10-11,13-14H2,1-3H3,(H,41,47)(H,45,46)/b38-17-/t19-,22-,26+,30+/m0/s1. The third-order valence-electron chi connectivity index (χ3n) is 8.71. The van der Waals surface area contributed by atoms with Crippen LogP contribution in [0.3, 0.4) is 0 Å². The number of alkyl carbamates (subject to hydrolysis) is 1. The Labute approximate surface area is 290 Å². The maximum absolute atomic E-state index is 14.3. The number of amides is 2. The number of halogens is 2. The quantitative estimate of drug-likeness (QED) is 0.315. The zero-order chi connectivity index (χ0) is 35.7. The number of fused-ring (bicyclic) bond motifs is 2. The second-order valence-corrected chi connectivity index (χ2v) is 14.5. The highest BCUT2D eigenvalue weighted by atomic mass is 32.1. The fraction of sp³-hybridized carbons (Fsp3) is 0.457. The van der Waals surface area contributed by atoms with E-state index in [1.165, 1.54) is 22.5 Å². The van der Waals surface area contributed by atoms with E-state index in [0.29, 0.717) is 24.1 Å². The number of carboxylic acids is 1. The van der Waals surface area contributed by atoms with Gasteiger partial charge in [-0.3, -0.25) is 24.3 Å². The van der Waals surface area contributed by atoms with Crippen LogP contribution in [0, 0.1) is 17.6 Å². The van der Waals surface area contributed by atoms with Gasteiger partial charge < -0.3 is 19.9 Å². The Kier molecular flexibility index (Phi) is 9.96. The molecular formula is C35H37F2N5O7S. The topological polar surface area (TPSA) is 160 Å². The van der Waals surface area contributed by atoms with Crippen LogP contribution in [0.25, 0.3) is 21.6 Å². The number of carbonyl (C=O) groups excluding carboxylic acids is 3. The molecule has 0 radical (unpaired) electrons. The second-order valence-electron chi connectivity index (χ2n) is 13.6. The number of benzene rings is 1. The van der Waals surface area contributed by atoms with Gasteiger partial charge in [-0.15, -0.1) is 11.3 Å². The predicted molar refractivity (Wildman–Crippen MR) is 180 cm³/mol. The van der Waals surface area contributed by atoms with Crippen molar-refractivity contribution in [3.63, 3.8) is 0 Å². The molecule has 2 amide bonds. The summed E-state index contributed by atoms with van der Waals surface area (Å²) in [5, 5.41) is 14.6. The smallest absolute Gasteiger partial charge is 0.408 e. The van der Waals surface area contributed by atoms with Gasteiger partial charge in [0.2, 0.25) is 11.8 Å². The van der Waals surface area contributed by atoms with E-state index in [9.17, 15) is 33.1 Å². The minimum absolute atomic E-state index is 0.0171. The summed E-state index contributed by atoms with van der Waals surface area (Å²) < 4.78 is 40.4. The number of hydrogen-bond donors (Lipinski definition) is 2. The molecule has 264 valence electrons. The normalized spacial score (nSPS) is 23.8. The van der Waals surface area contributed by atoms with Gasteiger partial charge in [-0.1, -0.05) is 12.5 Å². The summed E-state index contributed by atoms with van der Waals surface area (Å²) >= 11 is 1.29. The number of thiophene rings is 1. The number of nitrogens with zero attached hydrogens (tertiary/aromatic N) is 4. The molecule has 3 aliphatic rings. The maximum Gasteiger partial charge on any atom is 0.408 e. The fourth-order valence-corrected chi connectivity index (χ4v) is 6.90. The fourth-order valence-electron chi connectivity index (χ4n) is 6.20. The van der Waals surface area contributed by atoms with Gasteiger partial charge in [0.15, 0.2) is 23.6 Å². The summed E-state index contributed by atoms with van der Waals surface area (Å²) in [6.07, 6.45) is 1.95. The first-order valence-corrected chi connectivity index (χ1v) is 17.3. The van der Waals surface area contributed by atoms with Gasteiger partial charge >= 0.3 is 12.1 Å². The van der Waals surface area contributed by atoms with E-state index in [1.807, 2.05) is 0 Å². The number of ketones is 1. The summed E-state index contributed by atoms with van der Waals surface area (Å²) in [5.41, 5.74) is 1.36. The number of Topliss-reactive ketones (excluding diaryl/α,β-unsaturated/α-hetero) is 1. The highest BCUT2D eigenvalue weighted by Gasteiger charge is 2.47. The average Bonchev–Trinajstić information content (AvgIpc) is 3.39. The van der Waals surface area contributed by atoms with E-state index >= 15 is 0 Å². The average molecular weight is 710 g/mol. The number of aliphatic carboxylic acids is 1. The van der Waals surface area contributed by atoms with Gasteiger partial charge in [0, 0.05) is 49.7 Å². The summed E-state index contributed by atoms with van der Waals surface area (Å²) in [4.78, 5) is 68.1. The van der Waals surface area contributed by atoms with Gasteiger partial charge in [0.1, 0.15) is 11.3 Å². The van der Waals surface area contributed by atoms with Crippen molar-refractivity contribution in [1.82, 2.24) is 20.2 Å². The van der Waals surface area contributed by atoms with Crippen LogP contribution in [-0.4, -0.2) is 73.9 Å². The Morgan fingerprint density at radius 1 is 1.06 bits per heavy atom. The van der Waals surface area contributed by atoms with E-state index in [2.05, 4.69) is 20.3 Å². The lowest BCUT2D eigenvalue weighted by atomic mass is 9.99. The molecule has 3 aromatic rings. The molecule has 2 aliphatic heterocycles. The number of aliphatic imine (C=N–C) groups is 1. The number of aromatic nitrogens is 2. The van der Waals surface area contributed by atoms with Crippen molar-refractivity contribution in [3.05, 3.63) is 52.6 Å². The monoisotopic (exact) mass is 709 g/mol. The van der Waals surface area contributed by atoms with E-state index in [4.69, 9.17) is 9.47 Å². The lowest BCUT2D eigenvalue weighted by Crippen LogP contribution is -2.49. The molecular weight excluding hydrogens is 672 g/mol. The van der Waals surface area contributed by atoms with Crippen LogP contribution < -0.4 is 10.1 Å². The molecule has 1 aliphatic carbocycles. The van der Waals surface area contributed by atoms with Crippen LogP contribution in [0.15, 0.2) is 45.9 Å². The molecule has 2 aromatic heterocycles. The second kappa shape index (κ2) is 14.2. The minimum Gasteiger partial charge on any atom is -0.481 e. The molecule has 6 rings (SSSR count). The zero-order valence-electron chi connectivity index (χ0n) is 27.8. The Morgan fingerprint density at radius 2 is 1.80 bits per heavy atom. The first kappa shape index (κ1) is 35.1. The Hall–Kier alpha value is -4.79. The predicted octanol–water partition coefficient (Wildman–Crippen LogP) is 6.19. The van der Waals surface area contributed by atoms with Crippen molar-refractivity contribution < 1.29 is 42.5 Å². The van der Waals surface area contributed by atoms with Crippen molar-refractivity contribution in [1.29, 1.82) is 0 Å². The van der Waals surface area contributed by atoms with Crippen LogP contribution in [0.2, 0.25) is 0 Å². The van der Waals surface area contributed by atoms with Gasteiger partial charge in [0.05, 0.1) is 33.9 Å². The largest absolute Gasteiger partial charge is 0.481 e. The molecule has 0 spiro atoms. The highest BCUT2D eigenvalue weighted by Crippen LogP contribution is 2.39. The zero-order valence-corrected chi connectivity index (χ0v) is 28.6. The lowest BCUT2D eigenvalue weighted by Gasteiger charge is -2.33. The molecule has 4 heterocycles. The van der Waals surface area contributed by atoms with E-state index in [-0.39, 0.29) is 47.7 Å². The highest BCUT2D eigenvalue weighted by molar-refractivity contribution is 7.13. The third-order valence-corrected chi connectivity index (χ3v) is 9.58. The Balaban J connectivity index is 1.40. The van der Waals surface area contributed by atoms with Crippen molar-refractivity contribution in [2.45, 2.75) is 96.1 Å². The number of allylic oxidation sites excluding steroid dienone is 2. The minimum atomic E-state index is -1.26. The molecule has 0 bridgehead atoms. The van der Waals surface area contributed by atoms with Crippen molar-refractivity contribution in [2.75, 3.05) is 0 Å². The van der Waals surface area contributed by atoms with E-state index in [1.54, 1.807) is 38.3 Å². The number of ether oxygens (including phenoxy) is 2. The Bertz CT molecular complexity index is 1890. The van der Waals surface area contributed by atoms with Crippen LogP contribution in [0.1, 0.15) is 72.1 Å². The first-order valence-electron chi connectivity index (χ1n) is 16.5. The number of carbonyl (C=O) groups is 4. The van der Waals surface area contributed by atoms with Crippen molar-refractivity contribution >= 4 is 52.3 Å². The summed E-state index contributed by atoms with van der Waals surface area (Å²) in [6.45, 7) is 5.15. The maximum atomic E-state index is 14.3. The van der Waals surface area contributed by atoms with Crippen LogP contribution in [0.4, 0.5) is 13.6 Å². The van der Waals surface area contributed by atoms with E-state index in [0.717, 1.165) is 36.2 Å². The van der Waals surface area contributed by atoms with Crippen LogP contribution in [0.5, 0.6) is 5.88 Å². The van der Waals surface area contributed by atoms with Crippen molar-refractivity contribution in [2.24, 2.45) is 10.9 Å². The molecule has 0 saturated carbocycles. The molecule has 2 N–H and O–H groups in total. The molecule has 4 atom stereocenters. The van der Waals surface area contributed by atoms with Gasteiger partial charge in [-0.25, -0.2) is 23.5 Å². The SMILES string of the molecule is CC(C)(C)OC(=O)N[C@H]1CCCCC2=C(C2)/N=C\[C@@H]2[C@@H](C(=O)O)CC(=O)N2[C@H](Oc2nc3cc(F)c(F)cc3nc2-c2cccs2)CCC1=O. The number of hydrogen-bond acceptors (Lipinski definition) is 10. The first-order chi connectivity index (χ1) is 23.8. The van der Waals surface area contributed by atoms with Crippen molar-refractivity contribution in [3.8, 4) is 16.5 Å². The molecule has 1 saturated heterocycles. The molecule has 15 heteroatoms. The summed E-state index contributed by atoms with van der Waals surface area (Å²) in [6, 6.07) is 3.38. The number of nitrogens with one attached hydrogen (secondary N) is 1. The molecule has 12 nitrogen and oxygen atoms in total. The number of rotatable bonds is 5. The number of carboxylic acid groups (broad SMARTS) is 1. The van der Waals surface area contributed by atoms with Gasteiger partial charge in [0.25, 0.3) is 0 Å². The van der Waals surface area contributed by atoms with Crippen LogP contribution in [-0.2, 0) is 19.1 Å². The van der Waals surface area contributed by atoms with Gasteiger partial charge in [-0.2, -0.15) is 0 Å².